The molecule has 1 aliphatic rings. The Balaban J connectivity index is 2.13. The summed E-state index contributed by atoms with van der Waals surface area (Å²) in [5.74, 6) is -0.00205. The first-order valence-corrected chi connectivity index (χ1v) is 5.64. The second-order valence-corrected chi connectivity index (χ2v) is 3.96. The second kappa shape index (κ2) is 5.01. The van der Waals surface area contributed by atoms with Gasteiger partial charge in [-0.25, -0.2) is 0 Å². The Hall–Kier alpha value is -1.81. The molecule has 1 amide bonds. The number of amides is 1. The fourth-order valence-electron chi connectivity index (χ4n) is 1.96. The summed E-state index contributed by atoms with van der Waals surface area (Å²) in [6, 6.07) is 7.75. The summed E-state index contributed by atoms with van der Waals surface area (Å²) in [5.41, 5.74) is 3.20. The Bertz CT molecular complexity index is 454. The topological polar surface area (TPSA) is 55.2 Å². The first-order valence-electron chi connectivity index (χ1n) is 5.64. The van der Waals surface area contributed by atoms with Crippen LogP contribution in [0.15, 0.2) is 30.5 Å². The van der Waals surface area contributed by atoms with E-state index in [4.69, 9.17) is 0 Å². The van der Waals surface area contributed by atoms with E-state index in [2.05, 4.69) is 16.0 Å². The van der Waals surface area contributed by atoms with Crippen LogP contribution in [-0.2, 0) is 4.79 Å². The first-order chi connectivity index (χ1) is 8.26. The normalized spacial score (nSPS) is 14.6. The van der Waals surface area contributed by atoms with Gasteiger partial charge < -0.3 is 10.6 Å². The van der Waals surface area contributed by atoms with E-state index >= 15 is 0 Å². The number of nitrogens with zero attached hydrogens (tertiary/aromatic N) is 1. The van der Waals surface area contributed by atoms with E-state index in [-0.39, 0.29) is 11.9 Å². The van der Waals surface area contributed by atoms with Gasteiger partial charge in [0.1, 0.15) is 0 Å². The summed E-state index contributed by atoms with van der Waals surface area (Å²) in [6.07, 6.45) is 2.49. The highest BCUT2D eigenvalue weighted by Gasteiger charge is 2.21. The number of benzene rings is 1. The summed E-state index contributed by atoms with van der Waals surface area (Å²) in [4.78, 5) is 11.6. The van der Waals surface area contributed by atoms with Crippen molar-refractivity contribution in [1.82, 2.24) is 16.0 Å². The minimum Gasteiger partial charge on any atom is -0.358 e. The Morgan fingerprint density at radius 2 is 2.12 bits per heavy atom. The number of rotatable bonds is 4. The second-order valence-electron chi connectivity index (χ2n) is 3.96. The summed E-state index contributed by atoms with van der Waals surface area (Å²) >= 11 is 0. The predicted molar refractivity (Wildman–Crippen MR) is 67.7 cm³/mol. The molecular formula is C13H16N3O. The predicted octanol–water partition coefficient (Wildman–Crippen LogP) is 1.00. The van der Waals surface area contributed by atoms with E-state index < -0.39 is 0 Å². The van der Waals surface area contributed by atoms with E-state index in [1.54, 1.807) is 14.1 Å². The number of carbonyl (C=O) groups is 1. The van der Waals surface area contributed by atoms with Crippen molar-refractivity contribution in [2.24, 2.45) is 0 Å². The largest absolute Gasteiger partial charge is 0.358 e. The summed E-state index contributed by atoms with van der Waals surface area (Å²) in [7, 11) is 3.44. The van der Waals surface area contributed by atoms with Crippen molar-refractivity contribution >= 4 is 17.2 Å². The molecule has 1 atom stereocenters. The number of likely N-dealkylation sites (N-methyl/N-ethyl adjacent to an activating group) is 2. The van der Waals surface area contributed by atoms with E-state index in [1.807, 2.05) is 30.5 Å². The van der Waals surface area contributed by atoms with Crippen molar-refractivity contribution in [3.8, 4) is 0 Å². The maximum atomic E-state index is 11.6. The third kappa shape index (κ3) is 2.31. The van der Waals surface area contributed by atoms with Crippen LogP contribution in [0.25, 0.3) is 5.57 Å². The smallest absolute Gasteiger partial charge is 0.237 e. The fraction of sp³-hybridized carbons (Fsp3) is 0.308. The molecule has 1 aromatic carbocycles. The van der Waals surface area contributed by atoms with Gasteiger partial charge in [-0.1, -0.05) is 18.2 Å². The highest BCUT2D eigenvalue weighted by atomic mass is 16.2. The standard InChI is InChI=1S/C13H16N3O/c1-14-12(13(17)15-2)7-9-8-16-11-6-4-3-5-10(9)11/h3-6,8,12,14H,7H2,1-2H3,(H,15,17)/t12-/m0/s1. The van der Waals surface area contributed by atoms with Crippen LogP contribution in [0.5, 0.6) is 0 Å². The molecule has 0 spiro atoms. The van der Waals surface area contributed by atoms with Crippen LogP contribution >= 0.6 is 0 Å². The highest BCUT2D eigenvalue weighted by molar-refractivity contribution is 5.86. The van der Waals surface area contributed by atoms with Crippen LogP contribution in [0.3, 0.4) is 0 Å². The zero-order valence-electron chi connectivity index (χ0n) is 10.0. The SMILES string of the molecule is CNC(=O)[C@H](CC1=C[N]c2ccccc21)NC. The monoisotopic (exact) mass is 230 g/mol. The van der Waals surface area contributed by atoms with Gasteiger partial charge >= 0.3 is 0 Å². The van der Waals surface area contributed by atoms with Gasteiger partial charge in [-0.05, 0) is 25.1 Å². The van der Waals surface area contributed by atoms with Crippen LogP contribution in [-0.4, -0.2) is 26.0 Å². The maximum Gasteiger partial charge on any atom is 0.237 e. The maximum absolute atomic E-state index is 11.6. The number of hydrogen-bond acceptors (Lipinski definition) is 2. The van der Waals surface area contributed by atoms with Crippen LogP contribution < -0.4 is 16.0 Å². The summed E-state index contributed by atoms with van der Waals surface area (Å²) in [6.45, 7) is 0. The summed E-state index contributed by atoms with van der Waals surface area (Å²) in [5, 5.41) is 10.0. The van der Waals surface area contributed by atoms with Gasteiger partial charge in [0.25, 0.3) is 0 Å². The molecule has 2 rings (SSSR count). The molecule has 0 bridgehead atoms. The summed E-state index contributed by atoms with van der Waals surface area (Å²) < 4.78 is 0. The molecule has 0 aliphatic carbocycles. The Labute approximate surface area is 101 Å². The Morgan fingerprint density at radius 3 is 2.82 bits per heavy atom. The van der Waals surface area contributed by atoms with Crippen molar-refractivity contribution in [3.05, 3.63) is 36.0 Å². The van der Waals surface area contributed by atoms with Crippen LogP contribution in [0, 0.1) is 0 Å². The van der Waals surface area contributed by atoms with E-state index in [9.17, 15) is 4.79 Å². The molecule has 1 radical (unpaired) electrons. The number of fused-ring (bicyclic) bond motifs is 1. The van der Waals surface area contributed by atoms with Crippen molar-refractivity contribution in [3.63, 3.8) is 0 Å². The van der Waals surface area contributed by atoms with Gasteiger partial charge in [-0.15, -0.1) is 0 Å². The third-order valence-electron chi connectivity index (χ3n) is 2.94. The molecule has 1 aliphatic heterocycles. The van der Waals surface area contributed by atoms with Gasteiger partial charge in [-0.3, -0.25) is 10.1 Å². The zero-order chi connectivity index (χ0) is 12.3. The molecule has 1 aromatic rings. The van der Waals surface area contributed by atoms with Crippen molar-refractivity contribution in [2.45, 2.75) is 12.5 Å². The molecular weight excluding hydrogens is 214 g/mol. The van der Waals surface area contributed by atoms with Gasteiger partial charge in [0.2, 0.25) is 5.91 Å². The van der Waals surface area contributed by atoms with Crippen molar-refractivity contribution in [1.29, 1.82) is 0 Å². The lowest BCUT2D eigenvalue weighted by Gasteiger charge is -2.15. The van der Waals surface area contributed by atoms with E-state index in [0.717, 1.165) is 16.8 Å². The third-order valence-corrected chi connectivity index (χ3v) is 2.94. The van der Waals surface area contributed by atoms with Crippen molar-refractivity contribution in [2.75, 3.05) is 14.1 Å². The molecule has 0 saturated heterocycles. The number of hydrogen-bond donors (Lipinski definition) is 2. The van der Waals surface area contributed by atoms with E-state index in [0.29, 0.717) is 6.42 Å². The van der Waals surface area contributed by atoms with Crippen LogP contribution in [0.1, 0.15) is 12.0 Å². The average molecular weight is 230 g/mol. The molecule has 0 unspecified atom stereocenters. The lowest BCUT2D eigenvalue weighted by atomic mass is 10.00. The number of para-hydroxylation sites is 1. The molecule has 17 heavy (non-hydrogen) atoms. The van der Waals surface area contributed by atoms with Crippen LogP contribution in [0.2, 0.25) is 0 Å². The van der Waals surface area contributed by atoms with E-state index in [1.165, 1.54) is 0 Å². The number of carbonyl (C=O) groups excluding carboxylic acids is 1. The molecule has 0 aromatic heterocycles. The molecule has 4 nitrogen and oxygen atoms in total. The average Bonchev–Trinajstić information content (AvgIpc) is 2.78. The minimum absolute atomic E-state index is 0.00205. The zero-order valence-corrected chi connectivity index (χ0v) is 10.0. The van der Waals surface area contributed by atoms with Gasteiger partial charge in [0.15, 0.2) is 0 Å². The lowest BCUT2D eigenvalue weighted by molar-refractivity contribution is -0.122. The van der Waals surface area contributed by atoms with Crippen LogP contribution in [0.4, 0.5) is 5.69 Å². The van der Waals surface area contributed by atoms with Gasteiger partial charge in [0.05, 0.1) is 11.7 Å². The quantitative estimate of drug-likeness (QED) is 0.810. The molecule has 0 fully saturated rings. The minimum atomic E-state index is -0.215. The molecule has 2 N–H and O–H groups in total. The Kier molecular flexibility index (Phi) is 3.44. The number of nitrogens with one attached hydrogen (secondary N) is 2. The fourth-order valence-corrected chi connectivity index (χ4v) is 1.96. The molecule has 89 valence electrons. The molecule has 4 heteroatoms. The van der Waals surface area contributed by atoms with Gasteiger partial charge in [0, 0.05) is 18.8 Å². The molecule has 0 saturated carbocycles. The first kappa shape index (κ1) is 11.7. The van der Waals surface area contributed by atoms with Gasteiger partial charge in [-0.2, -0.15) is 0 Å². The van der Waals surface area contributed by atoms with Crippen molar-refractivity contribution < 1.29 is 4.79 Å². The molecule has 1 heterocycles. The lowest BCUT2D eigenvalue weighted by Crippen LogP contribution is -2.41. The highest BCUT2D eigenvalue weighted by Crippen LogP contribution is 2.32. The Morgan fingerprint density at radius 1 is 1.35 bits per heavy atom.